The summed E-state index contributed by atoms with van der Waals surface area (Å²) in [6, 6.07) is 7.99. The van der Waals surface area contributed by atoms with Gasteiger partial charge in [-0.25, -0.2) is 9.80 Å². The highest BCUT2D eigenvalue weighted by atomic mass is 32.1. The van der Waals surface area contributed by atoms with Crippen molar-refractivity contribution in [1.29, 1.82) is 0 Å². The van der Waals surface area contributed by atoms with Gasteiger partial charge in [-0.1, -0.05) is 12.1 Å². The van der Waals surface area contributed by atoms with Crippen molar-refractivity contribution < 1.29 is 19.1 Å². The van der Waals surface area contributed by atoms with Crippen LogP contribution in [0.25, 0.3) is 5.70 Å². The number of ether oxygens (including phenoxy) is 1. The second-order valence-electron chi connectivity index (χ2n) is 9.94. The van der Waals surface area contributed by atoms with Gasteiger partial charge in [-0.05, 0) is 49.7 Å². The van der Waals surface area contributed by atoms with Gasteiger partial charge in [0.1, 0.15) is 11.7 Å². The van der Waals surface area contributed by atoms with Crippen LogP contribution in [0.15, 0.2) is 46.1 Å². The molecular weight excluding hydrogens is 506 g/mol. The number of carbonyl (C=O) groups is 3. The number of azo groups is 1. The molecule has 1 aromatic heterocycles. The number of benzene rings is 1. The van der Waals surface area contributed by atoms with E-state index in [-0.39, 0.29) is 11.7 Å². The maximum absolute atomic E-state index is 13.6. The molecule has 4 aliphatic rings. The summed E-state index contributed by atoms with van der Waals surface area (Å²) in [5.41, 5.74) is 5.33. The Kier molecular flexibility index (Phi) is 6.78. The molecule has 2 fully saturated rings. The molecule has 2 aromatic rings. The molecule has 198 valence electrons. The van der Waals surface area contributed by atoms with Crippen LogP contribution < -0.4 is 16.1 Å². The minimum Gasteiger partial charge on any atom is -0.379 e. The number of likely N-dealkylation sites (tertiary alicyclic amines) is 1. The average molecular weight is 536 g/mol. The summed E-state index contributed by atoms with van der Waals surface area (Å²) in [7, 11) is 2.09. The molecule has 12 heteroatoms. The summed E-state index contributed by atoms with van der Waals surface area (Å²) in [6.07, 6.45) is 1.08. The van der Waals surface area contributed by atoms with E-state index in [0.29, 0.717) is 71.7 Å². The number of hydrogen-bond donors (Lipinski definition) is 3. The van der Waals surface area contributed by atoms with Crippen molar-refractivity contribution in [3.63, 3.8) is 0 Å². The molecule has 0 spiro atoms. The first-order valence-corrected chi connectivity index (χ1v) is 13.6. The number of fused-ring (bicyclic) bond motifs is 3. The van der Waals surface area contributed by atoms with E-state index >= 15 is 0 Å². The number of amides is 3. The molecule has 0 radical (unpaired) electrons. The number of rotatable bonds is 6. The number of ketones is 1. The number of nitrogens with one attached hydrogen (secondary N) is 3. The number of urea groups is 1. The van der Waals surface area contributed by atoms with Crippen LogP contribution in [0.4, 0.5) is 10.5 Å². The van der Waals surface area contributed by atoms with Crippen LogP contribution in [0.5, 0.6) is 0 Å². The van der Waals surface area contributed by atoms with E-state index < -0.39 is 12.1 Å². The zero-order valence-electron chi connectivity index (χ0n) is 21.0. The maximum atomic E-state index is 13.6. The van der Waals surface area contributed by atoms with Gasteiger partial charge < -0.3 is 20.3 Å². The van der Waals surface area contributed by atoms with Crippen LogP contribution in [0.1, 0.15) is 42.9 Å². The highest BCUT2D eigenvalue weighted by Gasteiger charge is 2.42. The number of Topliss-reactive ketones (excluding diaryl/α,β-unsaturated/α-hetero) is 1. The van der Waals surface area contributed by atoms with Gasteiger partial charge in [0.15, 0.2) is 5.78 Å². The van der Waals surface area contributed by atoms with Crippen molar-refractivity contribution in [2.24, 2.45) is 16.1 Å². The Morgan fingerprint density at radius 2 is 2.00 bits per heavy atom. The van der Waals surface area contributed by atoms with Crippen molar-refractivity contribution in [3.05, 3.63) is 56.8 Å². The summed E-state index contributed by atoms with van der Waals surface area (Å²) in [6.45, 7) is 4.98. The normalized spacial score (nSPS) is 23.0. The van der Waals surface area contributed by atoms with Gasteiger partial charge in [0.2, 0.25) is 0 Å². The van der Waals surface area contributed by atoms with Crippen molar-refractivity contribution in [2.45, 2.75) is 12.5 Å². The van der Waals surface area contributed by atoms with Crippen LogP contribution in [0, 0.1) is 5.92 Å². The molecule has 0 bridgehead atoms. The van der Waals surface area contributed by atoms with E-state index in [9.17, 15) is 14.4 Å². The smallest absolute Gasteiger partial charge is 0.333 e. The molecule has 3 aliphatic heterocycles. The van der Waals surface area contributed by atoms with Crippen LogP contribution >= 0.6 is 11.3 Å². The topological polar surface area (TPSA) is 128 Å². The Labute approximate surface area is 223 Å². The lowest BCUT2D eigenvalue weighted by atomic mass is 10.1. The molecule has 1 aromatic carbocycles. The van der Waals surface area contributed by atoms with Gasteiger partial charge in [0.25, 0.3) is 5.91 Å². The Morgan fingerprint density at radius 3 is 2.79 bits per heavy atom. The third kappa shape index (κ3) is 4.75. The Morgan fingerprint density at radius 1 is 1.16 bits per heavy atom. The number of hydrazine groups is 1. The fraction of sp³-hybridized carbons (Fsp3) is 0.423. The Bertz CT molecular complexity index is 1350. The van der Waals surface area contributed by atoms with E-state index in [1.54, 1.807) is 23.2 Å². The first kappa shape index (κ1) is 24.9. The molecule has 6 rings (SSSR count). The zero-order chi connectivity index (χ0) is 26.2. The number of morpholine rings is 1. The molecule has 3 amide bonds. The summed E-state index contributed by atoms with van der Waals surface area (Å²) >= 11 is 1.30. The summed E-state index contributed by atoms with van der Waals surface area (Å²) in [5.74, 6) is 0.134. The summed E-state index contributed by atoms with van der Waals surface area (Å²) in [4.78, 5) is 42.6. The van der Waals surface area contributed by atoms with E-state index in [1.165, 1.54) is 11.3 Å². The van der Waals surface area contributed by atoms with Gasteiger partial charge in [-0.3, -0.25) is 15.0 Å². The monoisotopic (exact) mass is 535 g/mol. The maximum Gasteiger partial charge on any atom is 0.333 e. The molecular formula is C26H29N7O4S. The summed E-state index contributed by atoms with van der Waals surface area (Å²) in [5, 5.41) is 16.4. The second-order valence-corrected chi connectivity index (χ2v) is 11.0. The highest BCUT2D eigenvalue weighted by molar-refractivity contribution is 7.15. The standard InChI is InChI=1S/C26H29N7O4S/c1-32-8-7-15(14-32)13-27-25(35)19-6-5-18(38-19)23-21-22(29-30-23)16-3-2-4-17(20(16)24(21)34)28-26(36)31-33-9-11-37-12-10-33/h2-6,15,22H,7-14H2,1H3,(H,27,35)(H2,28,31,36). The van der Waals surface area contributed by atoms with Crippen molar-refractivity contribution in [3.8, 4) is 0 Å². The van der Waals surface area contributed by atoms with Gasteiger partial charge >= 0.3 is 6.03 Å². The van der Waals surface area contributed by atoms with E-state index in [4.69, 9.17) is 4.74 Å². The molecule has 1 aliphatic carbocycles. The largest absolute Gasteiger partial charge is 0.379 e. The number of anilines is 1. The molecule has 3 N–H and O–H groups in total. The predicted octanol–water partition coefficient (Wildman–Crippen LogP) is 2.91. The fourth-order valence-corrected chi connectivity index (χ4v) is 6.27. The van der Waals surface area contributed by atoms with Crippen molar-refractivity contribution in [2.75, 3.05) is 58.3 Å². The third-order valence-electron chi connectivity index (χ3n) is 7.29. The van der Waals surface area contributed by atoms with Gasteiger partial charge in [-0.2, -0.15) is 10.2 Å². The third-order valence-corrected chi connectivity index (χ3v) is 8.38. The number of hydrogen-bond acceptors (Lipinski definition) is 9. The van der Waals surface area contributed by atoms with E-state index in [1.807, 2.05) is 12.1 Å². The van der Waals surface area contributed by atoms with Gasteiger partial charge in [0.05, 0.1) is 39.8 Å². The lowest BCUT2D eigenvalue weighted by molar-refractivity contribution is 0.0207. The Balaban J connectivity index is 1.18. The molecule has 11 nitrogen and oxygen atoms in total. The van der Waals surface area contributed by atoms with E-state index in [2.05, 4.69) is 38.2 Å². The van der Waals surface area contributed by atoms with E-state index in [0.717, 1.165) is 24.4 Å². The minimum absolute atomic E-state index is 0.119. The molecule has 2 unspecified atom stereocenters. The number of carbonyl (C=O) groups excluding carboxylic acids is 3. The molecule has 2 atom stereocenters. The lowest BCUT2D eigenvalue weighted by Crippen LogP contribution is -2.49. The molecule has 0 saturated carbocycles. The predicted molar refractivity (Wildman–Crippen MR) is 142 cm³/mol. The fourth-order valence-electron chi connectivity index (χ4n) is 5.35. The zero-order valence-corrected chi connectivity index (χ0v) is 21.8. The van der Waals surface area contributed by atoms with Crippen LogP contribution in [0.2, 0.25) is 0 Å². The first-order valence-electron chi connectivity index (χ1n) is 12.8. The van der Waals surface area contributed by atoms with Gasteiger partial charge in [-0.15, -0.1) is 11.3 Å². The number of nitrogens with zero attached hydrogens (tertiary/aromatic N) is 4. The minimum atomic E-state index is -0.518. The van der Waals surface area contributed by atoms with Crippen LogP contribution in [0.3, 0.4) is 0 Å². The van der Waals surface area contributed by atoms with Crippen LogP contribution in [-0.2, 0) is 4.74 Å². The highest BCUT2D eigenvalue weighted by Crippen LogP contribution is 2.49. The summed E-state index contributed by atoms with van der Waals surface area (Å²) < 4.78 is 5.31. The molecule has 38 heavy (non-hydrogen) atoms. The first-order chi connectivity index (χ1) is 18.5. The average Bonchev–Trinajstić information content (AvgIpc) is 3.69. The number of thiophene rings is 1. The lowest BCUT2D eigenvalue weighted by Gasteiger charge is -2.27. The quantitative estimate of drug-likeness (QED) is 0.522. The SMILES string of the molecule is CN1CCC(CNC(=O)c2ccc(C3=C4C(=O)c5c(NC(=O)NN6CCOCC6)cccc5C4N=N3)s2)C1. The van der Waals surface area contributed by atoms with Gasteiger partial charge in [0, 0.05) is 26.2 Å². The van der Waals surface area contributed by atoms with Crippen LogP contribution in [-0.4, -0.2) is 80.6 Å². The molecule has 4 heterocycles. The molecule has 2 saturated heterocycles. The van der Waals surface area contributed by atoms with Crippen molar-refractivity contribution >= 4 is 40.4 Å². The van der Waals surface area contributed by atoms with Crippen molar-refractivity contribution in [1.82, 2.24) is 20.7 Å². The second kappa shape index (κ2) is 10.4. The Hall–Kier alpha value is -3.45.